The quantitative estimate of drug-likeness (QED) is 0.854. The van der Waals surface area contributed by atoms with E-state index in [4.69, 9.17) is 9.15 Å². The Hall–Kier alpha value is -1.33. The molecule has 126 valence electrons. The van der Waals surface area contributed by atoms with Crippen LogP contribution in [0.3, 0.4) is 0 Å². The summed E-state index contributed by atoms with van der Waals surface area (Å²) in [5.74, 6) is 0.911. The van der Waals surface area contributed by atoms with Gasteiger partial charge in [0.25, 0.3) is 0 Å². The fourth-order valence-electron chi connectivity index (χ4n) is 4.04. The third kappa shape index (κ3) is 3.04. The molecule has 1 aliphatic carbocycles. The lowest BCUT2D eigenvalue weighted by atomic mass is 9.82. The number of carbonyl (C=O) groups excluding carboxylic acids is 1. The van der Waals surface area contributed by atoms with Gasteiger partial charge in [0.1, 0.15) is 6.61 Å². The molecule has 2 aliphatic heterocycles. The van der Waals surface area contributed by atoms with Crippen molar-refractivity contribution in [2.45, 2.75) is 50.8 Å². The van der Waals surface area contributed by atoms with Crippen LogP contribution in [0.25, 0.3) is 0 Å². The van der Waals surface area contributed by atoms with Gasteiger partial charge in [0, 0.05) is 31.7 Å². The van der Waals surface area contributed by atoms with Crippen molar-refractivity contribution >= 4 is 5.91 Å². The van der Waals surface area contributed by atoms with Crippen LogP contribution in [0.2, 0.25) is 0 Å². The van der Waals surface area contributed by atoms with Gasteiger partial charge in [-0.05, 0) is 44.6 Å². The van der Waals surface area contributed by atoms with Crippen LogP contribution in [-0.4, -0.2) is 53.6 Å². The molecule has 1 spiro atoms. The van der Waals surface area contributed by atoms with E-state index in [-0.39, 0.29) is 24.2 Å². The highest BCUT2D eigenvalue weighted by Crippen LogP contribution is 2.38. The zero-order valence-corrected chi connectivity index (χ0v) is 13.9. The van der Waals surface area contributed by atoms with Crippen molar-refractivity contribution in [3.63, 3.8) is 0 Å². The third-order valence-electron chi connectivity index (χ3n) is 5.87. The molecule has 1 atom stereocenters. The van der Waals surface area contributed by atoms with Gasteiger partial charge in [0.2, 0.25) is 5.91 Å². The number of carbonyl (C=O) groups is 1. The maximum Gasteiger partial charge on any atom is 0.248 e. The van der Waals surface area contributed by atoms with Crippen molar-refractivity contribution in [2.75, 3.05) is 26.2 Å². The minimum Gasteiger partial charge on any atom is -0.472 e. The maximum atomic E-state index is 12.2. The van der Waals surface area contributed by atoms with E-state index in [1.165, 1.54) is 18.4 Å². The predicted molar refractivity (Wildman–Crippen MR) is 85.8 cm³/mol. The molecule has 5 nitrogen and oxygen atoms in total. The van der Waals surface area contributed by atoms with Gasteiger partial charge in [-0.25, -0.2) is 0 Å². The summed E-state index contributed by atoms with van der Waals surface area (Å²) < 4.78 is 11.3. The minimum absolute atomic E-state index is 0.143. The van der Waals surface area contributed by atoms with Crippen LogP contribution >= 0.6 is 0 Å². The molecular weight excluding hydrogens is 292 g/mol. The van der Waals surface area contributed by atoms with Crippen molar-refractivity contribution in [1.82, 2.24) is 9.80 Å². The molecule has 1 unspecified atom stereocenters. The monoisotopic (exact) mass is 318 g/mol. The van der Waals surface area contributed by atoms with Crippen LogP contribution in [0.5, 0.6) is 0 Å². The number of furan rings is 1. The van der Waals surface area contributed by atoms with Gasteiger partial charge in [-0.15, -0.1) is 0 Å². The molecule has 1 aromatic heterocycles. The molecular formula is C18H26N2O3. The van der Waals surface area contributed by atoms with E-state index >= 15 is 0 Å². The van der Waals surface area contributed by atoms with Gasteiger partial charge in [0.05, 0.1) is 24.2 Å². The first-order chi connectivity index (χ1) is 11.2. The smallest absolute Gasteiger partial charge is 0.248 e. The largest absolute Gasteiger partial charge is 0.472 e. The number of piperidine rings is 1. The Morgan fingerprint density at radius 3 is 2.74 bits per heavy atom. The molecule has 1 saturated carbocycles. The van der Waals surface area contributed by atoms with Gasteiger partial charge in [-0.1, -0.05) is 0 Å². The zero-order chi connectivity index (χ0) is 15.9. The molecule has 4 rings (SSSR count). The van der Waals surface area contributed by atoms with E-state index in [1.807, 2.05) is 12.3 Å². The number of nitrogens with zero attached hydrogens (tertiary/aromatic N) is 2. The highest BCUT2D eigenvalue weighted by Gasteiger charge is 2.48. The van der Waals surface area contributed by atoms with Crippen LogP contribution in [0.1, 0.15) is 38.2 Å². The first-order valence-electron chi connectivity index (χ1n) is 8.83. The van der Waals surface area contributed by atoms with E-state index in [2.05, 4.69) is 16.7 Å². The van der Waals surface area contributed by atoms with Gasteiger partial charge >= 0.3 is 0 Å². The number of ether oxygens (including phenoxy) is 1. The fourth-order valence-corrected chi connectivity index (χ4v) is 4.04. The van der Waals surface area contributed by atoms with Gasteiger partial charge < -0.3 is 14.1 Å². The summed E-state index contributed by atoms with van der Waals surface area (Å²) in [4.78, 5) is 16.8. The Morgan fingerprint density at radius 2 is 2.09 bits per heavy atom. The van der Waals surface area contributed by atoms with Gasteiger partial charge in [0.15, 0.2) is 0 Å². The predicted octanol–water partition coefficient (Wildman–Crippen LogP) is 2.27. The molecule has 0 bridgehead atoms. The van der Waals surface area contributed by atoms with Crippen molar-refractivity contribution in [3.8, 4) is 0 Å². The summed E-state index contributed by atoms with van der Waals surface area (Å²) in [5, 5.41) is 0. The molecule has 3 heterocycles. The number of rotatable bonds is 4. The van der Waals surface area contributed by atoms with Gasteiger partial charge in [-0.3, -0.25) is 9.69 Å². The molecule has 23 heavy (non-hydrogen) atoms. The first kappa shape index (κ1) is 15.2. The topological polar surface area (TPSA) is 45.9 Å². The lowest BCUT2D eigenvalue weighted by Gasteiger charge is -2.51. The second-order valence-electron chi connectivity index (χ2n) is 7.43. The third-order valence-corrected chi connectivity index (χ3v) is 5.87. The summed E-state index contributed by atoms with van der Waals surface area (Å²) in [6.45, 7) is 6.35. The Kier molecular flexibility index (Phi) is 3.93. The van der Waals surface area contributed by atoms with Crippen molar-refractivity contribution in [3.05, 3.63) is 24.2 Å². The average molecular weight is 318 g/mol. The Balaban J connectivity index is 1.39. The minimum atomic E-state index is -0.143. The molecule has 1 aromatic rings. The summed E-state index contributed by atoms with van der Waals surface area (Å²) in [6.07, 6.45) is 8.11. The summed E-state index contributed by atoms with van der Waals surface area (Å²) in [5.41, 5.74) is 1.08. The molecule has 2 saturated heterocycles. The van der Waals surface area contributed by atoms with E-state index in [9.17, 15) is 4.79 Å². The number of hydrogen-bond acceptors (Lipinski definition) is 4. The van der Waals surface area contributed by atoms with E-state index in [1.54, 1.807) is 6.26 Å². The number of likely N-dealkylation sites (tertiary alicyclic amines) is 1. The van der Waals surface area contributed by atoms with Crippen molar-refractivity contribution < 1.29 is 13.9 Å². The SMILES string of the molecule is CC1N(CC2CC2)C(=O)COC12CCN(Cc1ccoc1)CC2. The molecule has 0 N–H and O–H groups in total. The molecule has 3 fully saturated rings. The highest BCUT2D eigenvalue weighted by atomic mass is 16.5. The lowest BCUT2D eigenvalue weighted by Crippen LogP contribution is -2.64. The summed E-state index contributed by atoms with van der Waals surface area (Å²) >= 11 is 0. The van der Waals surface area contributed by atoms with E-state index < -0.39 is 0 Å². The molecule has 5 heteroatoms. The summed E-state index contributed by atoms with van der Waals surface area (Å²) in [6, 6.07) is 2.22. The van der Waals surface area contributed by atoms with E-state index in [0.29, 0.717) is 0 Å². The zero-order valence-electron chi connectivity index (χ0n) is 13.9. The highest BCUT2D eigenvalue weighted by molar-refractivity contribution is 5.78. The van der Waals surface area contributed by atoms with Crippen LogP contribution in [0.15, 0.2) is 23.0 Å². The number of amides is 1. The number of hydrogen-bond donors (Lipinski definition) is 0. The average Bonchev–Trinajstić information content (AvgIpc) is 3.24. The molecule has 0 radical (unpaired) electrons. The van der Waals surface area contributed by atoms with Crippen LogP contribution in [0.4, 0.5) is 0 Å². The Labute approximate surface area is 137 Å². The molecule has 0 aromatic carbocycles. The first-order valence-corrected chi connectivity index (χ1v) is 8.83. The molecule has 1 amide bonds. The second kappa shape index (κ2) is 5.95. The Morgan fingerprint density at radius 1 is 1.30 bits per heavy atom. The van der Waals surface area contributed by atoms with Crippen molar-refractivity contribution in [1.29, 1.82) is 0 Å². The number of morpholine rings is 1. The second-order valence-corrected chi connectivity index (χ2v) is 7.43. The van der Waals surface area contributed by atoms with Crippen molar-refractivity contribution in [2.24, 2.45) is 5.92 Å². The normalized spacial score (nSPS) is 28.5. The maximum absolute atomic E-state index is 12.2. The van der Waals surface area contributed by atoms with Crippen LogP contribution < -0.4 is 0 Å². The lowest BCUT2D eigenvalue weighted by molar-refractivity contribution is -0.187. The van der Waals surface area contributed by atoms with Gasteiger partial charge in [-0.2, -0.15) is 0 Å². The fraction of sp³-hybridized carbons (Fsp3) is 0.722. The van der Waals surface area contributed by atoms with Crippen LogP contribution in [0, 0.1) is 5.92 Å². The summed E-state index contributed by atoms with van der Waals surface area (Å²) in [7, 11) is 0. The van der Waals surface area contributed by atoms with Crippen LogP contribution in [-0.2, 0) is 16.1 Å². The standard InChI is InChI=1S/C18H26N2O3/c1-14-18(23-13-17(21)20(14)11-15-2-3-15)5-7-19(8-6-18)10-16-4-9-22-12-16/h4,9,12,14-15H,2-3,5-8,10-11,13H2,1H3. The molecule has 3 aliphatic rings. The van der Waals surface area contributed by atoms with E-state index in [0.717, 1.165) is 44.9 Å². The Bertz CT molecular complexity index is 545.